The van der Waals surface area contributed by atoms with Crippen LogP contribution in [0.4, 0.5) is 4.79 Å². The van der Waals surface area contributed by atoms with Crippen molar-refractivity contribution in [1.82, 2.24) is 15.1 Å². The quantitative estimate of drug-likeness (QED) is 0.415. The Hall–Kier alpha value is -1.51. The lowest BCUT2D eigenvalue weighted by Crippen LogP contribution is -2.43. The summed E-state index contributed by atoms with van der Waals surface area (Å²) < 4.78 is 5.33. The summed E-state index contributed by atoms with van der Waals surface area (Å²) in [7, 11) is 5.47. The van der Waals surface area contributed by atoms with Crippen molar-refractivity contribution < 1.29 is 9.53 Å². The molecule has 0 saturated heterocycles. The van der Waals surface area contributed by atoms with Gasteiger partial charge in [-0.2, -0.15) is 0 Å². The van der Waals surface area contributed by atoms with Gasteiger partial charge in [-0.1, -0.05) is 30.3 Å². The predicted octanol–water partition coefficient (Wildman–Crippen LogP) is 3.18. The van der Waals surface area contributed by atoms with E-state index in [4.69, 9.17) is 4.74 Å². The van der Waals surface area contributed by atoms with Crippen LogP contribution in [0.1, 0.15) is 26.3 Å². The van der Waals surface area contributed by atoms with E-state index in [9.17, 15) is 4.79 Å². The first-order chi connectivity index (χ1) is 11.2. The van der Waals surface area contributed by atoms with Crippen LogP contribution in [-0.2, 0) is 11.3 Å². The maximum atomic E-state index is 11.9. The molecule has 1 N–H and O–H groups in total. The molecule has 0 fully saturated rings. The van der Waals surface area contributed by atoms with Crippen molar-refractivity contribution in [2.45, 2.75) is 32.9 Å². The Kier molecular flexibility index (Phi) is 10.5. The van der Waals surface area contributed by atoms with Crippen LogP contribution in [-0.4, -0.2) is 61.7 Å². The first-order valence-electron chi connectivity index (χ1n) is 8.13. The third kappa shape index (κ3) is 9.52. The monoisotopic (exact) mass is 462 g/mol. The minimum atomic E-state index is -0.481. The predicted molar refractivity (Wildman–Crippen MR) is 114 cm³/mol. The number of nitrogens with zero attached hydrogens (tertiary/aromatic N) is 3. The molecule has 0 aromatic heterocycles. The van der Waals surface area contributed by atoms with Crippen molar-refractivity contribution in [3.8, 4) is 0 Å². The van der Waals surface area contributed by atoms with Crippen molar-refractivity contribution in [2.24, 2.45) is 4.99 Å². The first-order valence-corrected chi connectivity index (χ1v) is 8.13. The fraction of sp³-hybridized carbons (Fsp3) is 0.556. The largest absolute Gasteiger partial charge is 0.444 e. The van der Waals surface area contributed by atoms with E-state index in [1.807, 2.05) is 50.9 Å². The second-order valence-corrected chi connectivity index (χ2v) is 6.72. The molecule has 0 heterocycles. The smallest absolute Gasteiger partial charge is 0.410 e. The molecule has 7 heteroatoms. The summed E-state index contributed by atoms with van der Waals surface area (Å²) in [6.07, 6.45) is -0.322. The number of ether oxygens (including phenoxy) is 1. The summed E-state index contributed by atoms with van der Waals surface area (Å²) >= 11 is 0. The van der Waals surface area contributed by atoms with Gasteiger partial charge in [0.2, 0.25) is 0 Å². The standard InChI is InChI=1S/C18H30N4O2.HI/c1-18(2,3)24-17(23)21(5)13-12-20-16(19-4)22(6)14-15-10-8-7-9-11-15;/h7-11H,12-14H2,1-6H3,(H,19,20);1H. The molecule has 1 rings (SSSR count). The highest BCUT2D eigenvalue weighted by Gasteiger charge is 2.19. The summed E-state index contributed by atoms with van der Waals surface area (Å²) in [5.41, 5.74) is 0.735. The van der Waals surface area contributed by atoms with Crippen LogP contribution in [0.15, 0.2) is 35.3 Å². The Morgan fingerprint density at radius 1 is 1.16 bits per heavy atom. The highest BCUT2D eigenvalue weighted by Crippen LogP contribution is 2.08. The van der Waals surface area contributed by atoms with Gasteiger partial charge < -0.3 is 19.9 Å². The molecule has 0 spiro atoms. The number of hydrogen-bond acceptors (Lipinski definition) is 3. The van der Waals surface area contributed by atoms with Crippen molar-refractivity contribution in [2.75, 3.05) is 34.2 Å². The maximum absolute atomic E-state index is 11.9. The van der Waals surface area contributed by atoms with Crippen molar-refractivity contribution in [3.05, 3.63) is 35.9 Å². The fourth-order valence-corrected chi connectivity index (χ4v) is 2.08. The number of benzene rings is 1. The lowest BCUT2D eigenvalue weighted by Gasteiger charge is -2.26. The van der Waals surface area contributed by atoms with E-state index in [2.05, 4.69) is 22.4 Å². The maximum Gasteiger partial charge on any atom is 0.410 e. The van der Waals surface area contributed by atoms with Crippen LogP contribution < -0.4 is 5.32 Å². The number of rotatable bonds is 5. The molecule has 0 aliphatic rings. The van der Waals surface area contributed by atoms with Crippen molar-refractivity contribution in [3.63, 3.8) is 0 Å². The SMILES string of the molecule is CN=C(NCCN(C)C(=O)OC(C)(C)C)N(C)Cc1ccccc1.I. The lowest BCUT2D eigenvalue weighted by molar-refractivity contribution is 0.0302. The van der Waals surface area contributed by atoms with Gasteiger partial charge >= 0.3 is 6.09 Å². The van der Waals surface area contributed by atoms with Gasteiger partial charge in [0, 0.05) is 40.8 Å². The molecule has 25 heavy (non-hydrogen) atoms. The minimum absolute atomic E-state index is 0. The second-order valence-electron chi connectivity index (χ2n) is 6.72. The van der Waals surface area contributed by atoms with Gasteiger partial charge in [-0.3, -0.25) is 4.99 Å². The number of carbonyl (C=O) groups excluding carboxylic acids is 1. The van der Waals surface area contributed by atoms with Crippen LogP contribution in [0, 0.1) is 0 Å². The van der Waals surface area contributed by atoms with E-state index in [0.29, 0.717) is 13.1 Å². The lowest BCUT2D eigenvalue weighted by atomic mass is 10.2. The summed E-state index contributed by atoms with van der Waals surface area (Å²) in [5, 5.41) is 3.26. The molecule has 1 aromatic carbocycles. The van der Waals surface area contributed by atoms with Gasteiger partial charge in [-0.15, -0.1) is 24.0 Å². The number of guanidine groups is 1. The van der Waals surface area contributed by atoms with Gasteiger partial charge in [-0.25, -0.2) is 4.79 Å². The number of amides is 1. The molecule has 0 unspecified atom stereocenters. The van der Waals surface area contributed by atoms with E-state index in [-0.39, 0.29) is 30.1 Å². The Bertz CT molecular complexity index is 544. The molecule has 0 aliphatic carbocycles. The Morgan fingerprint density at radius 2 is 1.76 bits per heavy atom. The molecule has 0 saturated carbocycles. The molecule has 1 aromatic rings. The number of carbonyl (C=O) groups is 1. The number of nitrogens with one attached hydrogen (secondary N) is 1. The normalized spacial score (nSPS) is 11.4. The van der Waals surface area contributed by atoms with E-state index >= 15 is 0 Å². The zero-order valence-electron chi connectivity index (χ0n) is 16.1. The van der Waals surface area contributed by atoms with Crippen LogP contribution in [0.25, 0.3) is 0 Å². The van der Waals surface area contributed by atoms with Crippen LogP contribution >= 0.6 is 24.0 Å². The first kappa shape index (κ1) is 23.5. The van der Waals surface area contributed by atoms with Gasteiger partial charge in [0.05, 0.1) is 0 Å². The molecule has 0 atom stereocenters. The zero-order valence-corrected chi connectivity index (χ0v) is 18.4. The fourth-order valence-electron chi connectivity index (χ4n) is 2.08. The summed E-state index contributed by atoms with van der Waals surface area (Å²) in [4.78, 5) is 19.8. The van der Waals surface area contributed by atoms with E-state index < -0.39 is 5.60 Å². The van der Waals surface area contributed by atoms with E-state index in [1.54, 1.807) is 19.0 Å². The van der Waals surface area contributed by atoms with Crippen LogP contribution in [0.2, 0.25) is 0 Å². The Balaban J connectivity index is 0.00000576. The summed E-state index contributed by atoms with van der Waals surface area (Å²) in [5.74, 6) is 0.788. The highest BCUT2D eigenvalue weighted by atomic mass is 127. The van der Waals surface area contributed by atoms with Crippen molar-refractivity contribution >= 4 is 36.0 Å². The minimum Gasteiger partial charge on any atom is -0.444 e. The van der Waals surface area contributed by atoms with Crippen LogP contribution in [0.3, 0.4) is 0 Å². The summed E-state index contributed by atoms with van der Waals surface area (Å²) in [6.45, 7) is 7.48. The Labute approximate surface area is 168 Å². The average molecular weight is 462 g/mol. The molecule has 0 aliphatic heterocycles. The number of likely N-dealkylation sites (N-methyl/N-ethyl adjacent to an activating group) is 1. The molecule has 6 nitrogen and oxygen atoms in total. The number of aliphatic imine (C=N–C) groups is 1. The molecule has 1 amide bonds. The van der Waals surface area contributed by atoms with E-state index in [0.717, 1.165) is 12.5 Å². The van der Waals surface area contributed by atoms with Gasteiger partial charge in [0.1, 0.15) is 5.60 Å². The third-order valence-corrected chi connectivity index (χ3v) is 3.27. The van der Waals surface area contributed by atoms with Crippen LogP contribution in [0.5, 0.6) is 0 Å². The van der Waals surface area contributed by atoms with Gasteiger partial charge in [-0.05, 0) is 26.3 Å². The van der Waals surface area contributed by atoms with Gasteiger partial charge in [0.25, 0.3) is 0 Å². The molecule has 0 radical (unpaired) electrons. The molecular formula is C18H31IN4O2. The Morgan fingerprint density at radius 3 is 2.28 bits per heavy atom. The highest BCUT2D eigenvalue weighted by molar-refractivity contribution is 14.0. The van der Waals surface area contributed by atoms with Crippen molar-refractivity contribution in [1.29, 1.82) is 0 Å². The molecular weight excluding hydrogens is 431 g/mol. The van der Waals surface area contributed by atoms with E-state index in [1.165, 1.54) is 5.56 Å². The number of hydrogen-bond donors (Lipinski definition) is 1. The second kappa shape index (κ2) is 11.2. The molecule has 142 valence electrons. The average Bonchev–Trinajstić information content (AvgIpc) is 2.50. The van der Waals surface area contributed by atoms with Gasteiger partial charge in [0.15, 0.2) is 5.96 Å². The molecule has 0 bridgehead atoms. The zero-order chi connectivity index (χ0) is 18.2. The topological polar surface area (TPSA) is 57.2 Å². The third-order valence-electron chi connectivity index (χ3n) is 3.27. The summed E-state index contributed by atoms with van der Waals surface area (Å²) in [6, 6.07) is 10.2. The number of halogens is 1.